The van der Waals surface area contributed by atoms with Crippen LogP contribution >= 0.6 is 11.6 Å². The Morgan fingerprint density at radius 2 is 2.00 bits per heavy atom. The average molecular weight is 212 g/mol. The monoisotopic (exact) mass is 211 g/mol. The van der Waals surface area contributed by atoms with Crippen LogP contribution in [-0.2, 0) is 12.6 Å². The Bertz CT molecular complexity index is 430. The van der Waals surface area contributed by atoms with Gasteiger partial charge in [-0.25, -0.2) is 0 Å². The van der Waals surface area contributed by atoms with Crippen molar-refractivity contribution < 1.29 is 4.42 Å². The highest BCUT2D eigenvalue weighted by molar-refractivity contribution is 7.58. The van der Waals surface area contributed by atoms with Gasteiger partial charge in [0.05, 0.1) is 15.8 Å². The summed E-state index contributed by atoms with van der Waals surface area (Å²) in [6.45, 7) is 0. The van der Waals surface area contributed by atoms with E-state index in [0.717, 1.165) is 0 Å². The Labute approximate surface area is 85.1 Å². The predicted molar refractivity (Wildman–Crippen MR) is 50.4 cm³/mol. The molecule has 1 aromatic heterocycles. The summed E-state index contributed by atoms with van der Waals surface area (Å²) in [6, 6.07) is 7.22. The quantitative estimate of drug-likeness (QED) is 0.679. The molecule has 5 heteroatoms. The molecule has 66 valence electrons. The van der Waals surface area contributed by atoms with Crippen molar-refractivity contribution in [2.24, 2.45) is 0 Å². The van der Waals surface area contributed by atoms with E-state index in [2.05, 4.69) is 10.2 Å². The molecule has 2 aromatic rings. The third-order valence-electron chi connectivity index (χ3n) is 1.51. The molecule has 2 rings (SSSR count). The standard InChI is InChI=1S/C8H5ClN2OS/c9-6-4-2-1-3-5(6)7-10-11-8(13)12-7/h1-4H,(H,11,13)/p-1. The SMILES string of the molecule is [S-]c1nnc(-c2ccccc2Cl)o1. The molecular weight excluding hydrogens is 208 g/mol. The topological polar surface area (TPSA) is 38.9 Å². The van der Waals surface area contributed by atoms with Gasteiger partial charge in [0.25, 0.3) is 0 Å². The highest BCUT2D eigenvalue weighted by atomic mass is 35.5. The second-order valence-corrected chi connectivity index (χ2v) is 3.11. The van der Waals surface area contributed by atoms with E-state index in [4.69, 9.17) is 28.6 Å². The van der Waals surface area contributed by atoms with E-state index in [9.17, 15) is 0 Å². The largest absolute Gasteiger partial charge is 0.719 e. The van der Waals surface area contributed by atoms with Crippen LogP contribution in [0.25, 0.3) is 11.5 Å². The van der Waals surface area contributed by atoms with Crippen molar-refractivity contribution in [2.45, 2.75) is 5.22 Å². The molecule has 1 aromatic carbocycles. The molecule has 0 aliphatic rings. The van der Waals surface area contributed by atoms with Gasteiger partial charge < -0.3 is 17.0 Å². The summed E-state index contributed by atoms with van der Waals surface area (Å²) < 4.78 is 5.06. The highest BCUT2D eigenvalue weighted by Crippen LogP contribution is 2.25. The van der Waals surface area contributed by atoms with E-state index in [-0.39, 0.29) is 5.22 Å². The van der Waals surface area contributed by atoms with Crippen LogP contribution in [0, 0.1) is 0 Å². The second kappa shape index (κ2) is 3.32. The third-order valence-corrected chi connectivity index (χ3v) is 2.01. The van der Waals surface area contributed by atoms with Gasteiger partial charge in [-0.3, -0.25) is 0 Å². The van der Waals surface area contributed by atoms with Crippen LogP contribution in [0.1, 0.15) is 0 Å². The van der Waals surface area contributed by atoms with Crippen LogP contribution in [0.4, 0.5) is 0 Å². The van der Waals surface area contributed by atoms with Crippen molar-refractivity contribution in [2.75, 3.05) is 0 Å². The van der Waals surface area contributed by atoms with Crippen molar-refractivity contribution in [1.82, 2.24) is 10.2 Å². The van der Waals surface area contributed by atoms with Crippen LogP contribution in [0.15, 0.2) is 33.9 Å². The Morgan fingerprint density at radius 3 is 2.62 bits per heavy atom. The molecule has 0 saturated carbocycles. The smallest absolute Gasteiger partial charge is 0.247 e. The fourth-order valence-corrected chi connectivity index (χ4v) is 1.29. The minimum atomic E-state index is 0.120. The lowest BCUT2D eigenvalue weighted by Gasteiger charge is -1.97. The maximum atomic E-state index is 5.91. The van der Waals surface area contributed by atoms with Crippen molar-refractivity contribution in [1.29, 1.82) is 0 Å². The summed E-state index contributed by atoms with van der Waals surface area (Å²) in [6.07, 6.45) is 0. The van der Waals surface area contributed by atoms with E-state index in [1.54, 1.807) is 12.1 Å². The van der Waals surface area contributed by atoms with Crippen LogP contribution < -0.4 is 0 Å². The maximum absolute atomic E-state index is 5.91. The van der Waals surface area contributed by atoms with Crippen molar-refractivity contribution in [3.63, 3.8) is 0 Å². The molecule has 0 radical (unpaired) electrons. The molecule has 0 bridgehead atoms. The number of rotatable bonds is 1. The molecule has 0 spiro atoms. The summed E-state index contributed by atoms with van der Waals surface area (Å²) in [5.74, 6) is 0.357. The van der Waals surface area contributed by atoms with E-state index in [0.29, 0.717) is 16.5 Å². The number of hydrogen-bond donors (Lipinski definition) is 0. The van der Waals surface area contributed by atoms with Crippen LogP contribution in [0.3, 0.4) is 0 Å². The number of hydrogen-bond acceptors (Lipinski definition) is 4. The summed E-state index contributed by atoms with van der Waals surface area (Å²) in [4.78, 5) is 0. The Balaban J connectivity index is 2.52. The third kappa shape index (κ3) is 1.64. The first-order valence-electron chi connectivity index (χ1n) is 3.53. The van der Waals surface area contributed by atoms with E-state index < -0.39 is 0 Å². The normalized spacial score (nSPS) is 10.2. The molecule has 0 saturated heterocycles. The molecule has 0 aliphatic carbocycles. The molecule has 1 heterocycles. The molecular formula is C8H4ClN2OS-. The maximum Gasteiger partial charge on any atom is 0.247 e. The van der Waals surface area contributed by atoms with Gasteiger partial charge in [-0.05, 0) is 12.1 Å². The minimum Gasteiger partial charge on any atom is -0.719 e. The fraction of sp³-hybridized carbons (Fsp3) is 0. The molecule has 0 aliphatic heterocycles. The Hall–Kier alpha value is -1.13. The molecule has 3 nitrogen and oxygen atoms in total. The molecule has 0 N–H and O–H groups in total. The van der Waals surface area contributed by atoms with Gasteiger partial charge in [0, 0.05) is 0 Å². The lowest BCUT2D eigenvalue weighted by atomic mass is 10.2. The molecule has 0 fully saturated rings. The van der Waals surface area contributed by atoms with Gasteiger partial charge >= 0.3 is 0 Å². The summed E-state index contributed by atoms with van der Waals surface area (Å²) in [7, 11) is 0. The van der Waals surface area contributed by atoms with Gasteiger partial charge in [0.1, 0.15) is 0 Å². The highest BCUT2D eigenvalue weighted by Gasteiger charge is 2.06. The number of aromatic nitrogens is 2. The number of benzene rings is 1. The summed E-state index contributed by atoms with van der Waals surface area (Å²) >= 11 is 10.6. The van der Waals surface area contributed by atoms with Gasteiger partial charge in [0.15, 0.2) is 0 Å². The van der Waals surface area contributed by atoms with Crippen molar-refractivity contribution in [3.8, 4) is 11.5 Å². The summed E-state index contributed by atoms with van der Waals surface area (Å²) in [5, 5.41) is 8.01. The van der Waals surface area contributed by atoms with Crippen LogP contribution in [0.5, 0.6) is 0 Å². The molecule has 0 amide bonds. The molecule has 0 unspecified atom stereocenters. The van der Waals surface area contributed by atoms with E-state index >= 15 is 0 Å². The number of halogens is 1. The lowest BCUT2D eigenvalue weighted by molar-refractivity contribution is 0.467. The van der Waals surface area contributed by atoms with E-state index in [1.165, 1.54) is 0 Å². The second-order valence-electron chi connectivity index (χ2n) is 2.35. The predicted octanol–water partition coefficient (Wildman–Crippen LogP) is 2.30. The first-order valence-corrected chi connectivity index (χ1v) is 4.31. The number of nitrogens with zero attached hydrogens (tertiary/aromatic N) is 2. The molecule has 0 atom stereocenters. The summed E-state index contributed by atoms with van der Waals surface area (Å²) in [5.41, 5.74) is 0.702. The zero-order chi connectivity index (χ0) is 9.26. The van der Waals surface area contributed by atoms with Crippen molar-refractivity contribution >= 4 is 24.2 Å². The van der Waals surface area contributed by atoms with Gasteiger partial charge in [-0.1, -0.05) is 23.7 Å². The lowest BCUT2D eigenvalue weighted by Crippen LogP contribution is -1.78. The van der Waals surface area contributed by atoms with Crippen molar-refractivity contribution in [3.05, 3.63) is 29.3 Å². The Kier molecular flexibility index (Phi) is 2.16. The average Bonchev–Trinajstić information content (AvgIpc) is 2.53. The minimum absolute atomic E-state index is 0.120. The Morgan fingerprint density at radius 1 is 1.23 bits per heavy atom. The zero-order valence-electron chi connectivity index (χ0n) is 6.40. The zero-order valence-corrected chi connectivity index (χ0v) is 7.97. The van der Waals surface area contributed by atoms with Gasteiger partial charge in [-0.15, -0.1) is 10.2 Å². The van der Waals surface area contributed by atoms with Crippen LogP contribution in [-0.4, -0.2) is 10.2 Å². The van der Waals surface area contributed by atoms with Gasteiger partial charge in [-0.2, -0.15) is 0 Å². The first kappa shape index (κ1) is 8.47. The first-order chi connectivity index (χ1) is 6.27. The molecule has 13 heavy (non-hydrogen) atoms. The van der Waals surface area contributed by atoms with Crippen LogP contribution in [0.2, 0.25) is 5.02 Å². The van der Waals surface area contributed by atoms with E-state index in [1.807, 2.05) is 12.1 Å². The van der Waals surface area contributed by atoms with Gasteiger partial charge in [0.2, 0.25) is 5.89 Å². The fourth-order valence-electron chi connectivity index (χ4n) is 0.953.